The Kier molecular flexibility index (Phi) is 4.72. The number of benzene rings is 2. The average molecular weight is 336 g/mol. The molecule has 2 aromatic carbocycles. The first-order valence-electron chi connectivity index (χ1n) is 8.96. The van der Waals surface area contributed by atoms with E-state index in [1.807, 2.05) is 24.3 Å². The second-order valence-electron chi connectivity index (χ2n) is 6.82. The van der Waals surface area contributed by atoms with Crippen molar-refractivity contribution in [2.45, 2.75) is 19.5 Å². The van der Waals surface area contributed by atoms with Gasteiger partial charge in [-0.1, -0.05) is 30.3 Å². The molecule has 130 valence electrons. The van der Waals surface area contributed by atoms with Gasteiger partial charge in [0.05, 0.1) is 6.54 Å². The predicted octanol–water partition coefficient (Wildman–Crippen LogP) is 3.85. The van der Waals surface area contributed by atoms with E-state index in [0.717, 1.165) is 57.0 Å². The quantitative estimate of drug-likeness (QED) is 0.786. The van der Waals surface area contributed by atoms with Crippen molar-refractivity contribution >= 4 is 11.0 Å². The zero-order chi connectivity index (χ0) is 17.1. The molecule has 0 saturated carbocycles. The van der Waals surface area contributed by atoms with E-state index in [1.165, 1.54) is 10.9 Å². The lowest BCUT2D eigenvalue weighted by molar-refractivity contribution is 0.236. The number of nitrogens with zero attached hydrogens (tertiary/aromatic N) is 2. The highest BCUT2D eigenvalue weighted by molar-refractivity contribution is 5.77. The highest BCUT2D eigenvalue weighted by Crippen LogP contribution is 2.21. The molecular weight excluding hydrogens is 312 g/mol. The fraction of sp³-hybridized carbons (Fsp3) is 0.333. The van der Waals surface area contributed by atoms with Gasteiger partial charge in [-0.05, 0) is 49.3 Å². The van der Waals surface area contributed by atoms with Crippen LogP contribution < -0.4 is 0 Å². The van der Waals surface area contributed by atoms with Crippen molar-refractivity contribution in [3.05, 3.63) is 65.9 Å². The third kappa shape index (κ3) is 4.03. The Labute approximate surface area is 148 Å². The molecule has 1 aliphatic heterocycles. The molecule has 0 radical (unpaired) electrons. The van der Waals surface area contributed by atoms with E-state index in [-0.39, 0.29) is 0 Å². The van der Waals surface area contributed by atoms with Crippen molar-refractivity contribution in [2.24, 2.45) is 0 Å². The molecule has 2 heterocycles. The van der Waals surface area contributed by atoms with Crippen LogP contribution in [0.5, 0.6) is 5.75 Å². The predicted molar refractivity (Wildman–Crippen MR) is 99.5 cm³/mol. The Hall–Kier alpha value is -2.30. The summed E-state index contributed by atoms with van der Waals surface area (Å²) < 4.78 is 5.97. The molecule has 3 aromatic rings. The van der Waals surface area contributed by atoms with Gasteiger partial charge in [0.2, 0.25) is 0 Å². The molecule has 1 saturated heterocycles. The maximum absolute atomic E-state index is 9.41. The number of hydrogen-bond acceptors (Lipinski definition) is 4. The van der Waals surface area contributed by atoms with Gasteiger partial charge < -0.3 is 9.52 Å². The summed E-state index contributed by atoms with van der Waals surface area (Å²) in [5.41, 5.74) is 2.23. The molecule has 0 bridgehead atoms. The van der Waals surface area contributed by atoms with Crippen LogP contribution in [0.25, 0.3) is 11.0 Å². The van der Waals surface area contributed by atoms with Crippen molar-refractivity contribution in [1.29, 1.82) is 0 Å². The summed E-state index contributed by atoms with van der Waals surface area (Å²) in [5.74, 6) is 1.38. The standard InChI is InChI=1S/C21H24N2O2/c24-19-8-6-17(7-9-19)15-22-10-3-11-23(13-12-22)16-20-14-18-4-1-2-5-21(18)25-20/h1-2,4-9,14,24H,3,10-13,15-16H2. The van der Waals surface area contributed by atoms with Crippen LogP contribution in [0, 0.1) is 0 Å². The number of rotatable bonds is 4. The van der Waals surface area contributed by atoms with Crippen LogP contribution >= 0.6 is 0 Å². The van der Waals surface area contributed by atoms with Crippen LogP contribution in [0.2, 0.25) is 0 Å². The maximum atomic E-state index is 9.41. The Balaban J connectivity index is 1.35. The van der Waals surface area contributed by atoms with Crippen molar-refractivity contribution in [1.82, 2.24) is 9.80 Å². The molecule has 4 rings (SSSR count). The van der Waals surface area contributed by atoms with E-state index >= 15 is 0 Å². The van der Waals surface area contributed by atoms with Gasteiger partial charge in [0.15, 0.2) is 0 Å². The molecule has 1 aliphatic rings. The number of hydrogen-bond donors (Lipinski definition) is 1. The van der Waals surface area contributed by atoms with Gasteiger partial charge in [-0.3, -0.25) is 9.80 Å². The molecule has 4 nitrogen and oxygen atoms in total. The van der Waals surface area contributed by atoms with Gasteiger partial charge in [-0.25, -0.2) is 0 Å². The summed E-state index contributed by atoms with van der Waals surface area (Å²) in [5, 5.41) is 10.6. The topological polar surface area (TPSA) is 39.9 Å². The summed E-state index contributed by atoms with van der Waals surface area (Å²) in [6.07, 6.45) is 1.16. The third-order valence-electron chi connectivity index (χ3n) is 4.88. The number of fused-ring (bicyclic) bond motifs is 1. The van der Waals surface area contributed by atoms with Crippen LogP contribution in [0.4, 0.5) is 0 Å². The summed E-state index contributed by atoms with van der Waals surface area (Å²) in [6.45, 7) is 6.14. The molecule has 0 amide bonds. The Morgan fingerprint density at radius 2 is 1.56 bits per heavy atom. The first-order chi connectivity index (χ1) is 12.3. The molecule has 4 heteroatoms. The summed E-state index contributed by atoms with van der Waals surface area (Å²) in [6, 6.07) is 17.9. The Morgan fingerprint density at radius 1 is 0.840 bits per heavy atom. The highest BCUT2D eigenvalue weighted by atomic mass is 16.3. The molecule has 0 atom stereocenters. The fourth-order valence-corrected chi connectivity index (χ4v) is 3.54. The molecule has 1 fully saturated rings. The van der Waals surface area contributed by atoms with Gasteiger partial charge in [-0.2, -0.15) is 0 Å². The zero-order valence-electron chi connectivity index (χ0n) is 14.4. The molecule has 0 spiro atoms. The lowest BCUT2D eigenvalue weighted by atomic mass is 10.2. The smallest absolute Gasteiger partial charge is 0.134 e. The van der Waals surface area contributed by atoms with Gasteiger partial charge >= 0.3 is 0 Å². The number of phenols is 1. The minimum absolute atomic E-state index is 0.330. The van der Waals surface area contributed by atoms with E-state index < -0.39 is 0 Å². The van der Waals surface area contributed by atoms with E-state index in [1.54, 1.807) is 12.1 Å². The van der Waals surface area contributed by atoms with E-state index in [9.17, 15) is 5.11 Å². The largest absolute Gasteiger partial charge is 0.508 e. The third-order valence-corrected chi connectivity index (χ3v) is 4.88. The van der Waals surface area contributed by atoms with Crippen LogP contribution in [-0.2, 0) is 13.1 Å². The molecule has 0 unspecified atom stereocenters. The summed E-state index contributed by atoms with van der Waals surface area (Å²) in [4.78, 5) is 4.97. The number of aromatic hydroxyl groups is 1. The Morgan fingerprint density at radius 3 is 2.32 bits per heavy atom. The fourth-order valence-electron chi connectivity index (χ4n) is 3.54. The van der Waals surface area contributed by atoms with Gasteiger partial charge in [0.1, 0.15) is 17.1 Å². The Bertz CT molecular complexity index is 792. The van der Waals surface area contributed by atoms with Crippen molar-refractivity contribution in [3.8, 4) is 5.75 Å². The van der Waals surface area contributed by atoms with Gasteiger partial charge in [0, 0.05) is 25.0 Å². The number of phenolic OH excluding ortho intramolecular Hbond substituents is 1. The van der Waals surface area contributed by atoms with Crippen LogP contribution in [0.3, 0.4) is 0 Å². The van der Waals surface area contributed by atoms with Crippen LogP contribution in [0.1, 0.15) is 17.7 Å². The van der Waals surface area contributed by atoms with Crippen molar-refractivity contribution in [3.63, 3.8) is 0 Å². The van der Waals surface area contributed by atoms with Gasteiger partial charge in [0.25, 0.3) is 0 Å². The first kappa shape index (κ1) is 16.2. The summed E-state index contributed by atoms with van der Waals surface area (Å²) >= 11 is 0. The van der Waals surface area contributed by atoms with Crippen LogP contribution in [-0.4, -0.2) is 41.1 Å². The average Bonchev–Trinajstić information content (AvgIpc) is 2.90. The second kappa shape index (κ2) is 7.30. The lowest BCUT2D eigenvalue weighted by Gasteiger charge is -2.21. The minimum Gasteiger partial charge on any atom is -0.508 e. The second-order valence-corrected chi connectivity index (χ2v) is 6.82. The summed E-state index contributed by atoms with van der Waals surface area (Å²) in [7, 11) is 0. The molecule has 1 aromatic heterocycles. The van der Waals surface area contributed by atoms with E-state index in [0.29, 0.717) is 5.75 Å². The van der Waals surface area contributed by atoms with Gasteiger partial charge in [-0.15, -0.1) is 0 Å². The zero-order valence-corrected chi connectivity index (χ0v) is 14.4. The molecule has 25 heavy (non-hydrogen) atoms. The normalized spacial score (nSPS) is 17.0. The molecule has 0 aliphatic carbocycles. The molecular formula is C21H24N2O2. The van der Waals surface area contributed by atoms with Crippen molar-refractivity contribution in [2.75, 3.05) is 26.2 Å². The van der Waals surface area contributed by atoms with Crippen molar-refractivity contribution < 1.29 is 9.52 Å². The van der Waals surface area contributed by atoms with E-state index in [2.05, 4.69) is 28.0 Å². The maximum Gasteiger partial charge on any atom is 0.134 e. The van der Waals surface area contributed by atoms with E-state index in [4.69, 9.17) is 4.42 Å². The molecule has 1 N–H and O–H groups in total. The SMILES string of the molecule is Oc1ccc(CN2CCCN(Cc3cc4ccccc4o3)CC2)cc1. The van der Waals surface area contributed by atoms with Crippen LogP contribution in [0.15, 0.2) is 59.0 Å². The lowest BCUT2D eigenvalue weighted by Crippen LogP contribution is -2.30. The first-order valence-corrected chi connectivity index (χ1v) is 8.96. The minimum atomic E-state index is 0.330. The monoisotopic (exact) mass is 336 g/mol. The number of furan rings is 1. The number of para-hydroxylation sites is 1. The highest BCUT2D eigenvalue weighted by Gasteiger charge is 2.16.